The van der Waals surface area contributed by atoms with Crippen LogP contribution in [0.2, 0.25) is 0 Å². The molecule has 1 saturated heterocycles. The Bertz CT molecular complexity index is 311. The van der Waals surface area contributed by atoms with Crippen molar-refractivity contribution in [1.29, 1.82) is 0 Å². The van der Waals surface area contributed by atoms with Gasteiger partial charge in [-0.05, 0) is 26.3 Å². The van der Waals surface area contributed by atoms with Crippen molar-refractivity contribution in [1.82, 2.24) is 5.06 Å². The van der Waals surface area contributed by atoms with Crippen LogP contribution < -0.4 is 0 Å². The van der Waals surface area contributed by atoms with Crippen LogP contribution in [0.5, 0.6) is 0 Å². The third-order valence-corrected chi connectivity index (χ3v) is 3.16. The summed E-state index contributed by atoms with van der Waals surface area (Å²) in [4.78, 5) is 17.7. The smallest absolute Gasteiger partial charge is 0.257 e. The first-order chi connectivity index (χ1) is 7.57. The Labute approximate surface area is 96.2 Å². The number of hydroxylamine groups is 2. The maximum Gasteiger partial charge on any atom is 0.257 e. The highest BCUT2D eigenvalue weighted by Crippen LogP contribution is 2.38. The fourth-order valence-corrected chi connectivity index (χ4v) is 1.94. The van der Waals surface area contributed by atoms with Gasteiger partial charge in [0.2, 0.25) is 0 Å². The van der Waals surface area contributed by atoms with Crippen LogP contribution in [0.1, 0.15) is 33.6 Å². The Morgan fingerprint density at radius 1 is 1.50 bits per heavy atom. The van der Waals surface area contributed by atoms with Crippen molar-refractivity contribution in [2.24, 2.45) is 5.41 Å². The van der Waals surface area contributed by atoms with Gasteiger partial charge in [-0.15, -0.1) is 0 Å². The summed E-state index contributed by atoms with van der Waals surface area (Å²) in [7, 11) is 0. The molecule has 0 saturated carbocycles. The zero-order chi connectivity index (χ0) is 11.8. The molecule has 2 rings (SSSR count). The van der Waals surface area contributed by atoms with Crippen molar-refractivity contribution in [3.63, 3.8) is 0 Å². The number of hydrogen-bond donors (Lipinski definition) is 0. The van der Waals surface area contributed by atoms with E-state index >= 15 is 0 Å². The van der Waals surface area contributed by atoms with E-state index in [1.807, 2.05) is 26.0 Å². The maximum atomic E-state index is 12.2. The Kier molecular flexibility index (Phi) is 3.04. The van der Waals surface area contributed by atoms with Gasteiger partial charge in [0.15, 0.2) is 6.23 Å². The second kappa shape index (κ2) is 4.18. The maximum absolute atomic E-state index is 12.2. The molecule has 2 atom stereocenters. The fourth-order valence-electron chi connectivity index (χ4n) is 1.94. The summed E-state index contributed by atoms with van der Waals surface area (Å²) < 4.78 is 5.70. The highest BCUT2D eigenvalue weighted by atomic mass is 16.7. The van der Waals surface area contributed by atoms with Gasteiger partial charge in [0.1, 0.15) is 0 Å². The molecule has 1 fully saturated rings. The number of unbranched alkanes of at least 4 members (excludes halogenated alkanes) is 1. The minimum absolute atomic E-state index is 0.00912. The van der Waals surface area contributed by atoms with Crippen LogP contribution in [0.4, 0.5) is 0 Å². The first-order valence-corrected chi connectivity index (χ1v) is 5.87. The first-order valence-electron chi connectivity index (χ1n) is 5.87. The van der Waals surface area contributed by atoms with Gasteiger partial charge in [0, 0.05) is 0 Å². The van der Waals surface area contributed by atoms with Crippen molar-refractivity contribution in [2.45, 2.75) is 45.9 Å². The number of carbonyl (C=O) groups excluding carboxylic acids is 1. The number of fused-ring (bicyclic) bond motifs is 2. The molecule has 0 N–H and O–H groups in total. The van der Waals surface area contributed by atoms with Crippen molar-refractivity contribution in [2.75, 3.05) is 6.61 Å². The topological polar surface area (TPSA) is 38.8 Å². The van der Waals surface area contributed by atoms with Gasteiger partial charge < -0.3 is 4.74 Å². The summed E-state index contributed by atoms with van der Waals surface area (Å²) in [6, 6.07) is 0. The van der Waals surface area contributed by atoms with Crippen molar-refractivity contribution >= 4 is 5.91 Å². The molecule has 2 bridgehead atoms. The van der Waals surface area contributed by atoms with Gasteiger partial charge in [0.25, 0.3) is 5.91 Å². The molecule has 4 nitrogen and oxygen atoms in total. The van der Waals surface area contributed by atoms with E-state index in [0.29, 0.717) is 6.61 Å². The molecule has 0 radical (unpaired) electrons. The molecular formula is C12H19NO3. The predicted molar refractivity (Wildman–Crippen MR) is 59.3 cm³/mol. The summed E-state index contributed by atoms with van der Waals surface area (Å²) in [6.45, 7) is 6.44. The Hall–Kier alpha value is -0.870. The third-order valence-electron chi connectivity index (χ3n) is 3.16. The predicted octanol–water partition coefficient (Wildman–Crippen LogP) is 1.87. The molecule has 16 heavy (non-hydrogen) atoms. The lowest BCUT2D eigenvalue weighted by Crippen LogP contribution is -2.55. The fraction of sp³-hybridized carbons (Fsp3) is 0.750. The average Bonchev–Trinajstić information content (AvgIpc) is 2.69. The minimum Gasteiger partial charge on any atom is -0.344 e. The van der Waals surface area contributed by atoms with Gasteiger partial charge in [-0.3, -0.25) is 9.63 Å². The summed E-state index contributed by atoms with van der Waals surface area (Å²) >= 11 is 0. The van der Waals surface area contributed by atoms with E-state index in [4.69, 9.17) is 9.57 Å². The molecule has 2 unspecified atom stereocenters. The van der Waals surface area contributed by atoms with Gasteiger partial charge in [0.05, 0.1) is 18.1 Å². The number of rotatable bonds is 4. The number of hydrogen-bond acceptors (Lipinski definition) is 3. The van der Waals surface area contributed by atoms with Crippen LogP contribution >= 0.6 is 0 Å². The molecule has 0 aliphatic carbocycles. The molecule has 4 heteroatoms. The average molecular weight is 225 g/mol. The molecule has 90 valence electrons. The normalized spacial score (nSPS) is 31.2. The number of carbonyl (C=O) groups is 1. The summed E-state index contributed by atoms with van der Waals surface area (Å²) in [6.07, 6.45) is 5.40. The Morgan fingerprint density at radius 2 is 2.25 bits per heavy atom. The Morgan fingerprint density at radius 3 is 2.94 bits per heavy atom. The van der Waals surface area contributed by atoms with E-state index < -0.39 is 5.41 Å². The molecule has 0 aromatic heterocycles. The van der Waals surface area contributed by atoms with Crippen LogP contribution in [0.25, 0.3) is 0 Å². The quantitative estimate of drug-likeness (QED) is 0.541. The monoisotopic (exact) mass is 225 g/mol. The lowest BCUT2D eigenvalue weighted by molar-refractivity contribution is -0.269. The molecule has 0 aromatic rings. The van der Waals surface area contributed by atoms with Crippen LogP contribution in [0.3, 0.4) is 0 Å². The molecule has 2 aliphatic rings. The minimum atomic E-state index is -0.532. The third kappa shape index (κ3) is 1.76. The first kappa shape index (κ1) is 11.6. The lowest BCUT2D eigenvalue weighted by atomic mass is 9.85. The number of amides is 1. The SMILES string of the molecule is CCCCON1C(=O)C(C)(C)C2C=CC1O2. The number of nitrogens with zero attached hydrogens (tertiary/aromatic N) is 1. The second-order valence-corrected chi connectivity index (χ2v) is 4.87. The van der Waals surface area contributed by atoms with Gasteiger partial charge in [-0.2, -0.15) is 5.06 Å². The highest BCUT2D eigenvalue weighted by molar-refractivity contribution is 5.83. The second-order valence-electron chi connectivity index (χ2n) is 4.87. The van der Waals surface area contributed by atoms with Gasteiger partial charge >= 0.3 is 0 Å². The Balaban J connectivity index is 2.06. The van der Waals surface area contributed by atoms with E-state index in [0.717, 1.165) is 12.8 Å². The molecular weight excluding hydrogens is 206 g/mol. The van der Waals surface area contributed by atoms with Crippen LogP contribution in [-0.4, -0.2) is 29.9 Å². The molecule has 2 aliphatic heterocycles. The largest absolute Gasteiger partial charge is 0.344 e. The van der Waals surface area contributed by atoms with E-state index in [1.54, 1.807) is 0 Å². The molecule has 0 spiro atoms. The van der Waals surface area contributed by atoms with Crippen LogP contribution in [0, 0.1) is 5.41 Å². The van der Waals surface area contributed by atoms with Gasteiger partial charge in [-0.1, -0.05) is 19.4 Å². The van der Waals surface area contributed by atoms with Gasteiger partial charge in [-0.25, -0.2) is 0 Å². The van der Waals surface area contributed by atoms with E-state index in [9.17, 15) is 4.79 Å². The van der Waals surface area contributed by atoms with E-state index in [2.05, 4.69) is 6.92 Å². The summed E-state index contributed by atoms with van der Waals surface area (Å²) in [5, 5.41) is 1.38. The zero-order valence-corrected chi connectivity index (χ0v) is 10.1. The summed E-state index contributed by atoms with van der Waals surface area (Å²) in [5.41, 5.74) is -0.532. The molecule has 2 heterocycles. The summed E-state index contributed by atoms with van der Waals surface area (Å²) in [5.74, 6) is 0.00912. The molecule has 0 aromatic carbocycles. The zero-order valence-electron chi connectivity index (χ0n) is 10.1. The number of ether oxygens (including phenoxy) is 1. The van der Waals surface area contributed by atoms with Crippen LogP contribution in [0.15, 0.2) is 12.2 Å². The van der Waals surface area contributed by atoms with E-state index in [-0.39, 0.29) is 18.2 Å². The standard InChI is InChI=1S/C12H19NO3/c1-4-5-8-15-13-10-7-6-9(16-10)12(2,3)11(13)14/h6-7,9-10H,4-5,8H2,1-3H3. The molecule has 1 amide bonds. The van der Waals surface area contributed by atoms with Crippen molar-refractivity contribution in [3.05, 3.63) is 12.2 Å². The van der Waals surface area contributed by atoms with Crippen LogP contribution in [-0.2, 0) is 14.4 Å². The highest BCUT2D eigenvalue weighted by Gasteiger charge is 2.50. The lowest BCUT2D eigenvalue weighted by Gasteiger charge is -2.41. The van der Waals surface area contributed by atoms with Crippen molar-refractivity contribution in [3.8, 4) is 0 Å². The van der Waals surface area contributed by atoms with E-state index in [1.165, 1.54) is 5.06 Å². The van der Waals surface area contributed by atoms with Crippen molar-refractivity contribution < 1.29 is 14.4 Å².